The molecule has 3 aromatic rings. The van der Waals surface area contributed by atoms with Gasteiger partial charge in [-0.15, -0.1) is 11.3 Å². The molecule has 0 unspecified atom stereocenters. The van der Waals surface area contributed by atoms with E-state index in [1.54, 1.807) is 18.2 Å². The van der Waals surface area contributed by atoms with Gasteiger partial charge in [0.2, 0.25) is 5.91 Å². The first-order valence-corrected chi connectivity index (χ1v) is 11.7. The Bertz CT molecular complexity index is 1050. The molecule has 0 radical (unpaired) electrons. The van der Waals surface area contributed by atoms with Crippen molar-refractivity contribution >= 4 is 45.6 Å². The van der Waals surface area contributed by atoms with Crippen LogP contribution in [0.1, 0.15) is 36.8 Å². The Balaban J connectivity index is 1.27. The maximum absolute atomic E-state index is 12.2. The average molecular weight is 461 g/mol. The molecule has 0 saturated carbocycles. The lowest BCUT2D eigenvalue weighted by atomic mass is 9.90. The Morgan fingerprint density at radius 2 is 1.93 bits per heavy atom. The van der Waals surface area contributed by atoms with E-state index in [1.807, 2.05) is 5.38 Å². The molecule has 4 rings (SSSR count). The summed E-state index contributed by atoms with van der Waals surface area (Å²) < 4.78 is 5.62. The molecule has 2 aromatic carbocycles. The highest BCUT2D eigenvalue weighted by molar-refractivity contribution is 7.14. The zero-order valence-corrected chi connectivity index (χ0v) is 18.7. The van der Waals surface area contributed by atoms with Crippen LogP contribution in [0.5, 0.6) is 5.75 Å². The van der Waals surface area contributed by atoms with E-state index in [4.69, 9.17) is 27.9 Å². The van der Waals surface area contributed by atoms with Gasteiger partial charge in [-0.2, -0.15) is 0 Å². The Morgan fingerprint density at radius 3 is 2.77 bits per heavy atom. The third-order valence-corrected chi connectivity index (χ3v) is 6.38. The summed E-state index contributed by atoms with van der Waals surface area (Å²) in [5.74, 6) is 0.489. The van der Waals surface area contributed by atoms with Crippen LogP contribution in [-0.4, -0.2) is 17.5 Å². The normalized spacial score (nSPS) is 13.0. The molecule has 4 nitrogen and oxygen atoms in total. The van der Waals surface area contributed by atoms with Gasteiger partial charge in [-0.25, -0.2) is 4.98 Å². The van der Waals surface area contributed by atoms with Gasteiger partial charge in [0.15, 0.2) is 5.13 Å². The molecular weight excluding hydrogens is 439 g/mol. The zero-order valence-electron chi connectivity index (χ0n) is 16.4. The fourth-order valence-electron chi connectivity index (χ4n) is 3.55. The second-order valence-corrected chi connectivity index (χ2v) is 9.01. The number of ether oxygens (including phenoxy) is 1. The fourth-order valence-corrected chi connectivity index (χ4v) is 4.74. The highest BCUT2D eigenvalue weighted by Crippen LogP contribution is 2.30. The SMILES string of the molecule is O=C(CCCOc1ccc(Cl)cc1Cl)Nc1nc(-c2ccc3c(c2)CCCC3)cs1. The third kappa shape index (κ3) is 5.34. The minimum absolute atomic E-state index is 0.0767. The summed E-state index contributed by atoms with van der Waals surface area (Å²) in [5.41, 5.74) is 4.90. The number of nitrogens with zero attached hydrogens (tertiary/aromatic N) is 1. The van der Waals surface area contributed by atoms with Gasteiger partial charge in [-0.05, 0) is 67.5 Å². The van der Waals surface area contributed by atoms with E-state index in [2.05, 4.69) is 28.5 Å². The summed E-state index contributed by atoms with van der Waals surface area (Å²) in [5, 5.41) is 6.52. The van der Waals surface area contributed by atoms with Crippen molar-refractivity contribution in [2.24, 2.45) is 0 Å². The van der Waals surface area contributed by atoms with Crippen LogP contribution in [0.3, 0.4) is 0 Å². The predicted molar refractivity (Wildman–Crippen MR) is 124 cm³/mol. The number of hydrogen-bond donors (Lipinski definition) is 1. The van der Waals surface area contributed by atoms with Crippen LogP contribution in [0, 0.1) is 0 Å². The van der Waals surface area contributed by atoms with Gasteiger partial charge < -0.3 is 10.1 Å². The molecule has 0 fully saturated rings. The van der Waals surface area contributed by atoms with Gasteiger partial charge in [0.1, 0.15) is 5.75 Å². The molecule has 0 atom stereocenters. The standard InChI is InChI=1S/C23H22Cl2N2O2S/c24-18-9-10-21(19(25)13-18)29-11-3-6-22(28)27-23-26-20(14-30-23)17-8-7-15-4-1-2-5-16(15)12-17/h7-10,12-14H,1-6,11H2,(H,26,27,28). The zero-order chi connectivity index (χ0) is 20.9. The number of aryl methyl sites for hydroxylation is 2. The number of hydrogen-bond acceptors (Lipinski definition) is 4. The van der Waals surface area contributed by atoms with E-state index in [0.717, 1.165) is 17.7 Å². The molecule has 1 N–H and O–H groups in total. The number of rotatable bonds is 7. The number of amides is 1. The number of nitrogens with one attached hydrogen (secondary N) is 1. The Labute approximate surface area is 190 Å². The topological polar surface area (TPSA) is 51.2 Å². The molecule has 0 saturated heterocycles. The van der Waals surface area contributed by atoms with Crippen LogP contribution in [0.4, 0.5) is 5.13 Å². The van der Waals surface area contributed by atoms with Crippen LogP contribution >= 0.6 is 34.5 Å². The summed E-state index contributed by atoms with van der Waals surface area (Å²) in [6.45, 7) is 0.396. The Hall–Kier alpha value is -2.08. The van der Waals surface area contributed by atoms with Crippen molar-refractivity contribution in [3.8, 4) is 17.0 Å². The highest BCUT2D eigenvalue weighted by Gasteiger charge is 2.13. The minimum Gasteiger partial charge on any atom is -0.492 e. The Kier molecular flexibility index (Phi) is 6.93. The Morgan fingerprint density at radius 1 is 1.10 bits per heavy atom. The van der Waals surface area contributed by atoms with Crippen LogP contribution in [-0.2, 0) is 17.6 Å². The van der Waals surface area contributed by atoms with E-state index in [0.29, 0.717) is 40.4 Å². The van der Waals surface area contributed by atoms with Crippen molar-refractivity contribution in [1.82, 2.24) is 4.98 Å². The minimum atomic E-state index is -0.0767. The lowest BCUT2D eigenvalue weighted by Gasteiger charge is -2.16. The fraction of sp³-hybridized carbons (Fsp3) is 0.304. The van der Waals surface area contributed by atoms with Crippen LogP contribution < -0.4 is 10.1 Å². The molecule has 0 spiro atoms. The number of carbonyl (C=O) groups is 1. The first-order chi connectivity index (χ1) is 14.6. The number of anilines is 1. The maximum Gasteiger partial charge on any atom is 0.226 e. The van der Waals surface area contributed by atoms with Crippen LogP contribution in [0.25, 0.3) is 11.3 Å². The molecule has 1 aliphatic carbocycles. The van der Waals surface area contributed by atoms with Gasteiger partial charge in [0.05, 0.1) is 17.3 Å². The second kappa shape index (κ2) is 9.82. The summed E-state index contributed by atoms with van der Waals surface area (Å²) in [7, 11) is 0. The van der Waals surface area contributed by atoms with Crippen molar-refractivity contribution in [3.63, 3.8) is 0 Å². The van der Waals surface area contributed by atoms with Gasteiger partial charge in [-0.1, -0.05) is 35.3 Å². The highest BCUT2D eigenvalue weighted by atomic mass is 35.5. The lowest BCUT2D eigenvalue weighted by Crippen LogP contribution is -2.12. The van der Waals surface area contributed by atoms with Crippen molar-refractivity contribution < 1.29 is 9.53 Å². The lowest BCUT2D eigenvalue weighted by molar-refractivity contribution is -0.116. The summed E-state index contributed by atoms with van der Waals surface area (Å²) in [4.78, 5) is 16.8. The molecule has 0 aliphatic heterocycles. The molecule has 156 valence electrons. The predicted octanol–water partition coefficient (Wildman–Crippen LogP) is 6.79. The van der Waals surface area contributed by atoms with E-state index in [1.165, 1.54) is 41.7 Å². The number of carbonyl (C=O) groups excluding carboxylic acids is 1. The van der Waals surface area contributed by atoms with Gasteiger partial charge in [0.25, 0.3) is 0 Å². The quantitative estimate of drug-likeness (QED) is 0.394. The molecular formula is C23H22Cl2N2O2S. The van der Waals surface area contributed by atoms with Crippen LogP contribution in [0.2, 0.25) is 10.0 Å². The average Bonchev–Trinajstić information content (AvgIpc) is 3.20. The van der Waals surface area contributed by atoms with Crippen LogP contribution in [0.15, 0.2) is 41.8 Å². The summed E-state index contributed by atoms with van der Waals surface area (Å²) in [6.07, 6.45) is 5.76. The number of thiazole rings is 1. The molecule has 1 heterocycles. The molecule has 30 heavy (non-hydrogen) atoms. The molecule has 1 aliphatic rings. The smallest absolute Gasteiger partial charge is 0.226 e. The number of halogens is 2. The first-order valence-electron chi connectivity index (χ1n) is 10.0. The van der Waals surface area contributed by atoms with E-state index in [9.17, 15) is 4.79 Å². The molecule has 7 heteroatoms. The van der Waals surface area contributed by atoms with Crippen molar-refractivity contribution in [2.45, 2.75) is 38.5 Å². The monoisotopic (exact) mass is 460 g/mol. The summed E-state index contributed by atoms with van der Waals surface area (Å²) >= 11 is 13.4. The molecule has 1 amide bonds. The number of fused-ring (bicyclic) bond motifs is 1. The summed E-state index contributed by atoms with van der Waals surface area (Å²) in [6, 6.07) is 11.7. The van der Waals surface area contributed by atoms with E-state index in [-0.39, 0.29) is 5.91 Å². The van der Waals surface area contributed by atoms with Crippen molar-refractivity contribution in [1.29, 1.82) is 0 Å². The van der Waals surface area contributed by atoms with Gasteiger partial charge >= 0.3 is 0 Å². The van der Waals surface area contributed by atoms with Gasteiger partial charge in [0, 0.05) is 22.4 Å². The number of aromatic nitrogens is 1. The molecule has 0 bridgehead atoms. The number of benzene rings is 2. The van der Waals surface area contributed by atoms with Crippen molar-refractivity contribution in [3.05, 3.63) is 63.0 Å². The van der Waals surface area contributed by atoms with E-state index >= 15 is 0 Å². The second-order valence-electron chi connectivity index (χ2n) is 7.30. The largest absolute Gasteiger partial charge is 0.492 e. The van der Waals surface area contributed by atoms with E-state index < -0.39 is 0 Å². The van der Waals surface area contributed by atoms with Gasteiger partial charge in [-0.3, -0.25) is 4.79 Å². The maximum atomic E-state index is 12.2. The van der Waals surface area contributed by atoms with Crippen molar-refractivity contribution in [2.75, 3.05) is 11.9 Å². The third-order valence-electron chi connectivity index (χ3n) is 5.09. The first kappa shape index (κ1) is 21.2. The molecule has 1 aromatic heterocycles.